The average Bonchev–Trinajstić information content (AvgIpc) is 3.22. The maximum absolute atomic E-state index is 11.4. The molecule has 1 aliphatic rings. The van der Waals surface area contributed by atoms with Crippen LogP contribution in [0, 0.1) is 5.92 Å². The van der Waals surface area contributed by atoms with Crippen LogP contribution in [0.3, 0.4) is 0 Å². The lowest BCUT2D eigenvalue weighted by Crippen LogP contribution is -2.39. The first-order chi connectivity index (χ1) is 10.1. The molecule has 0 unspecified atom stereocenters. The van der Waals surface area contributed by atoms with E-state index in [-0.39, 0.29) is 18.7 Å². The number of hydrogen-bond donors (Lipinski definition) is 3. The first-order valence-corrected chi connectivity index (χ1v) is 7.45. The van der Waals surface area contributed by atoms with Gasteiger partial charge in [0.2, 0.25) is 5.91 Å². The van der Waals surface area contributed by atoms with Crippen molar-refractivity contribution in [2.45, 2.75) is 44.9 Å². The summed E-state index contributed by atoms with van der Waals surface area (Å²) < 4.78 is 5.42. The minimum atomic E-state index is -0.878. The van der Waals surface area contributed by atoms with Gasteiger partial charge >= 0.3 is 12.0 Å². The van der Waals surface area contributed by atoms with Gasteiger partial charge < -0.3 is 15.2 Å². The fourth-order valence-corrected chi connectivity index (χ4v) is 1.71. The van der Waals surface area contributed by atoms with E-state index in [2.05, 4.69) is 10.6 Å². The normalized spacial score (nSPS) is 13.7. The van der Waals surface area contributed by atoms with E-state index in [0.717, 1.165) is 12.5 Å². The topological polar surface area (TPSA) is 105 Å². The standard InChI is InChI=1S/C14H24N2O5/c17-12(4-1-2-5-13(18)19)16-14(20)15-8-3-9-21-10-11-6-7-11/h11H,1-10H2,(H,18,19)(H2,15,16,17,20). The lowest BCUT2D eigenvalue weighted by molar-refractivity contribution is -0.137. The van der Waals surface area contributed by atoms with Crippen LogP contribution in [0.4, 0.5) is 4.79 Å². The van der Waals surface area contributed by atoms with Gasteiger partial charge in [0.1, 0.15) is 0 Å². The van der Waals surface area contributed by atoms with E-state index < -0.39 is 12.0 Å². The van der Waals surface area contributed by atoms with Gasteiger partial charge in [-0.25, -0.2) is 4.79 Å². The van der Waals surface area contributed by atoms with E-state index in [9.17, 15) is 14.4 Å². The summed E-state index contributed by atoms with van der Waals surface area (Å²) in [7, 11) is 0. The van der Waals surface area contributed by atoms with Crippen molar-refractivity contribution in [1.82, 2.24) is 10.6 Å². The van der Waals surface area contributed by atoms with Crippen LogP contribution in [0.1, 0.15) is 44.9 Å². The van der Waals surface area contributed by atoms with Crippen LogP contribution in [-0.4, -0.2) is 42.8 Å². The number of carbonyl (C=O) groups is 3. The molecule has 1 rings (SSSR count). The van der Waals surface area contributed by atoms with E-state index >= 15 is 0 Å². The van der Waals surface area contributed by atoms with Crippen molar-refractivity contribution >= 4 is 17.9 Å². The molecule has 21 heavy (non-hydrogen) atoms. The molecule has 7 nitrogen and oxygen atoms in total. The summed E-state index contributed by atoms with van der Waals surface area (Å²) in [5.41, 5.74) is 0. The zero-order valence-electron chi connectivity index (χ0n) is 12.2. The van der Waals surface area contributed by atoms with Gasteiger partial charge in [0.15, 0.2) is 0 Å². The Labute approximate surface area is 124 Å². The highest BCUT2D eigenvalue weighted by atomic mass is 16.5. The number of hydrogen-bond acceptors (Lipinski definition) is 4. The maximum Gasteiger partial charge on any atom is 0.321 e. The van der Waals surface area contributed by atoms with Gasteiger partial charge in [0.05, 0.1) is 0 Å². The number of imide groups is 1. The molecule has 3 amide bonds. The van der Waals surface area contributed by atoms with Gasteiger partial charge in [-0.1, -0.05) is 0 Å². The Morgan fingerprint density at radius 3 is 2.48 bits per heavy atom. The summed E-state index contributed by atoms with van der Waals surface area (Å²) in [6.07, 6.45) is 4.33. The molecule has 1 saturated carbocycles. The Morgan fingerprint density at radius 2 is 1.81 bits per heavy atom. The number of carboxylic acids is 1. The zero-order valence-corrected chi connectivity index (χ0v) is 12.2. The van der Waals surface area contributed by atoms with Crippen LogP contribution in [0.2, 0.25) is 0 Å². The lowest BCUT2D eigenvalue weighted by atomic mass is 10.2. The van der Waals surface area contributed by atoms with Crippen LogP contribution < -0.4 is 10.6 Å². The number of nitrogens with one attached hydrogen (secondary N) is 2. The Bertz CT molecular complexity index is 355. The molecule has 0 heterocycles. The number of unbranched alkanes of at least 4 members (excludes halogenated alkanes) is 1. The highest BCUT2D eigenvalue weighted by molar-refractivity contribution is 5.94. The first-order valence-electron chi connectivity index (χ1n) is 7.45. The average molecular weight is 300 g/mol. The molecule has 0 aromatic heterocycles. The molecule has 0 aromatic carbocycles. The molecular weight excluding hydrogens is 276 g/mol. The molecular formula is C14H24N2O5. The van der Waals surface area contributed by atoms with Crippen LogP contribution in [0.15, 0.2) is 0 Å². The SMILES string of the molecule is O=C(O)CCCCC(=O)NC(=O)NCCCOCC1CC1. The molecule has 3 N–H and O–H groups in total. The fraction of sp³-hybridized carbons (Fsp3) is 0.786. The van der Waals surface area contributed by atoms with E-state index in [1.807, 2.05) is 0 Å². The molecule has 0 spiro atoms. The summed E-state index contributed by atoms with van der Waals surface area (Å²) >= 11 is 0. The highest BCUT2D eigenvalue weighted by Crippen LogP contribution is 2.28. The number of ether oxygens (including phenoxy) is 1. The lowest BCUT2D eigenvalue weighted by Gasteiger charge is -2.07. The van der Waals surface area contributed by atoms with E-state index in [1.54, 1.807) is 0 Å². The van der Waals surface area contributed by atoms with Crippen molar-refractivity contribution in [2.75, 3.05) is 19.8 Å². The summed E-state index contributed by atoms with van der Waals surface area (Å²) in [6.45, 7) is 1.88. The van der Waals surface area contributed by atoms with Gasteiger partial charge in [0.25, 0.3) is 0 Å². The largest absolute Gasteiger partial charge is 0.481 e. The van der Waals surface area contributed by atoms with Crippen LogP contribution >= 0.6 is 0 Å². The monoisotopic (exact) mass is 300 g/mol. The molecule has 1 aliphatic carbocycles. The number of amides is 3. The molecule has 120 valence electrons. The van der Waals surface area contributed by atoms with Crippen molar-refractivity contribution < 1.29 is 24.2 Å². The Hall–Kier alpha value is -1.63. The fourth-order valence-electron chi connectivity index (χ4n) is 1.71. The van der Waals surface area contributed by atoms with Gasteiger partial charge in [-0.05, 0) is 38.0 Å². The van der Waals surface area contributed by atoms with E-state index in [1.165, 1.54) is 12.8 Å². The third-order valence-electron chi connectivity index (χ3n) is 3.10. The number of rotatable bonds is 11. The molecule has 7 heteroatoms. The summed E-state index contributed by atoms with van der Waals surface area (Å²) in [6, 6.07) is -0.513. The number of carboxylic acid groups (broad SMARTS) is 1. The molecule has 0 aromatic rings. The molecule has 1 fully saturated rings. The smallest absolute Gasteiger partial charge is 0.321 e. The minimum absolute atomic E-state index is 0.0420. The van der Waals surface area contributed by atoms with Crippen LogP contribution in [0.25, 0.3) is 0 Å². The quantitative estimate of drug-likeness (QED) is 0.498. The molecule has 0 aliphatic heterocycles. The Morgan fingerprint density at radius 1 is 1.10 bits per heavy atom. The third kappa shape index (κ3) is 10.8. The third-order valence-corrected chi connectivity index (χ3v) is 3.10. The van der Waals surface area contributed by atoms with Gasteiger partial charge in [-0.2, -0.15) is 0 Å². The first kappa shape index (κ1) is 17.4. The molecule has 0 bridgehead atoms. The highest BCUT2D eigenvalue weighted by Gasteiger charge is 2.20. The van der Waals surface area contributed by atoms with Gasteiger partial charge in [0, 0.05) is 32.6 Å². The van der Waals surface area contributed by atoms with Gasteiger partial charge in [-0.3, -0.25) is 14.9 Å². The van der Waals surface area contributed by atoms with Gasteiger partial charge in [-0.15, -0.1) is 0 Å². The molecule has 0 saturated heterocycles. The van der Waals surface area contributed by atoms with Crippen molar-refractivity contribution in [3.63, 3.8) is 0 Å². The van der Waals surface area contributed by atoms with Crippen molar-refractivity contribution in [3.8, 4) is 0 Å². The second-order valence-corrected chi connectivity index (χ2v) is 5.28. The Kier molecular flexibility index (Phi) is 8.42. The van der Waals surface area contributed by atoms with Crippen molar-refractivity contribution in [1.29, 1.82) is 0 Å². The molecule has 0 radical (unpaired) electrons. The molecule has 0 atom stereocenters. The predicted molar refractivity (Wildman–Crippen MR) is 75.8 cm³/mol. The summed E-state index contributed by atoms with van der Waals surface area (Å²) in [4.78, 5) is 33.0. The second kappa shape index (κ2) is 10.1. The van der Waals surface area contributed by atoms with Crippen LogP contribution in [-0.2, 0) is 14.3 Å². The zero-order chi connectivity index (χ0) is 15.5. The minimum Gasteiger partial charge on any atom is -0.481 e. The summed E-state index contributed by atoms with van der Waals surface area (Å²) in [5, 5.41) is 13.2. The second-order valence-electron chi connectivity index (χ2n) is 5.28. The van der Waals surface area contributed by atoms with E-state index in [4.69, 9.17) is 9.84 Å². The Balaban J connectivity index is 1.88. The van der Waals surface area contributed by atoms with Crippen LogP contribution in [0.5, 0.6) is 0 Å². The maximum atomic E-state index is 11.4. The predicted octanol–water partition coefficient (Wildman–Crippen LogP) is 1.27. The number of urea groups is 1. The van der Waals surface area contributed by atoms with E-state index in [0.29, 0.717) is 32.4 Å². The number of aliphatic carboxylic acids is 1. The van der Waals surface area contributed by atoms with Crippen molar-refractivity contribution in [3.05, 3.63) is 0 Å². The van der Waals surface area contributed by atoms with Crippen molar-refractivity contribution in [2.24, 2.45) is 5.92 Å². The number of carbonyl (C=O) groups excluding carboxylic acids is 2. The summed E-state index contributed by atoms with van der Waals surface area (Å²) in [5.74, 6) is -0.528.